The molecule has 2 unspecified atom stereocenters. The molecule has 1 amide bonds. The number of nitrogens with one attached hydrogen (secondary N) is 3. The van der Waals surface area contributed by atoms with Crippen LogP contribution in [-0.2, 0) is 14.4 Å². The second kappa shape index (κ2) is 12.6. The van der Waals surface area contributed by atoms with E-state index in [-0.39, 0.29) is 13.1 Å². The van der Waals surface area contributed by atoms with Crippen LogP contribution in [0.1, 0.15) is 0 Å². The molecular formula is C13H26N4O7. The lowest BCUT2D eigenvalue weighted by Crippen LogP contribution is -2.53. The number of hydrogen-bond acceptors (Lipinski definition) is 8. The first-order valence-electron chi connectivity index (χ1n) is 7.45. The highest BCUT2D eigenvalue weighted by atomic mass is 16.4. The number of carboxylic acids is 2. The quantitative estimate of drug-likeness (QED) is 0.135. The minimum absolute atomic E-state index is 0.148. The van der Waals surface area contributed by atoms with Gasteiger partial charge in [-0.25, -0.2) is 0 Å². The highest BCUT2D eigenvalue weighted by molar-refractivity contribution is 5.86. The van der Waals surface area contributed by atoms with E-state index in [4.69, 9.17) is 21.1 Å². The Morgan fingerprint density at radius 3 is 1.92 bits per heavy atom. The lowest BCUT2D eigenvalue weighted by atomic mass is 9.86. The molecule has 0 radical (unpaired) electrons. The van der Waals surface area contributed by atoms with Crippen molar-refractivity contribution in [2.75, 3.05) is 45.9 Å². The van der Waals surface area contributed by atoms with Gasteiger partial charge in [-0.2, -0.15) is 0 Å². The fourth-order valence-electron chi connectivity index (χ4n) is 2.13. The zero-order chi connectivity index (χ0) is 18.5. The van der Waals surface area contributed by atoms with Gasteiger partial charge in [0, 0.05) is 45.3 Å². The number of amides is 1. The molecule has 0 aliphatic carbocycles. The third kappa shape index (κ3) is 8.74. The van der Waals surface area contributed by atoms with Gasteiger partial charge >= 0.3 is 11.9 Å². The van der Waals surface area contributed by atoms with Gasteiger partial charge in [0.1, 0.15) is 6.04 Å². The average molecular weight is 350 g/mol. The number of aliphatic hydroxyl groups is 2. The Labute approximate surface area is 139 Å². The molecule has 0 saturated carbocycles. The van der Waals surface area contributed by atoms with Gasteiger partial charge in [0.15, 0.2) is 0 Å². The van der Waals surface area contributed by atoms with Gasteiger partial charge in [-0.1, -0.05) is 0 Å². The minimum atomic E-state index is -1.33. The van der Waals surface area contributed by atoms with Gasteiger partial charge in [0.25, 0.3) is 0 Å². The van der Waals surface area contributed by atoms with Crippen molar-refractivity contribution in [1.82, 2.24) is 16.0 Å². The van der Waals surface area contributed by atoms with E-state index in [1.165, 1.54) is 0 Å². The van der Waals surface area contributed by atoms with Crippen molar-refractivity contribution < 1.29 is 34.8 Å². The Kier molecular flexibility index (Phi) is 11.7. The second-order valence-electron chi connectivity index (χ2n) is 5.14. The number of aliphatic hydroxyl groups excluding tert-OH is 2. The first kappa shape index (κ1) is 22.2. The monoisotopic (exact) mass is 350 g/mol. The summed E-state index contributed by atoms with van der Waals surface area (Å²) in [5, 5.41) is 44.3. The molecule has 11 nitrogen and oxygen atoms in total. The third-order valence-electron chi connectivity index (χ3n) is 3.35. The van der Waals surface area contributed by atoms with E-state index in [2.05, 4.69) is 16.0 Å². The van der Waals surface area contributed by atoms with Gasteiger partial charge in [-0.05, 0) is 0 Å². The summed E-state index contributed by atoms with van der Waals surface area (Å²) >= 11 is 0. The average Bonchev–Trinajstić information content (AvgIpc) is 2.51. The standard InChI is InChI=1S/C13H26N4O7/c14-12(22)10(8(6-18)7-19)11(13(23)24)17-4-3-15-1-2-16-5-9(20)21/h8,10-11,15-19H,1-7H2,(H2,14,22)(H,20,21)(H,23,24). The Balaban J connectivity index is 4.30. The number of primary amides is 1. The normalized spacial score (nSPS) is 13.6. The van der Waals surface area contributed by atoms with E-state index < -0.39 is 48.9 Å². The van der Waals surface area contributed by atoms with Gasteiger partial charge in [-0.3, -0.25) is 14.4 Å². The van der Waals surface area contributed by atoms with Gasteiger partial charge in [0.2, 0.25) is 5.91 Å². The molecule has 0 spiro atoms. The molecule has 0 bridgehead atoms. The van der Waals surface area contributed by atoms with Crippen molar-refractivity contribution in [2.24, 2.45) is 17.6 Å². The Morgan fingerprint density at radius 2 is 1.46 bits per heavy atom. The van der Waals surface area contributed by atoms with Crippen LogP contribution in [-0.4, -0.2) is 90.3 Å². The van der Waals surface area contributed by atoms with Crippen molar-refractivity contribution in [3.8, 4) is 0 Å². The molecule has 0 rings (SSSR count). The summed E-state index contributed by atoms with van der Waals surface area (Å²) in [6.45, 7) is 0.185. The van der Waals surface area contributed by atoms with Crippen molar-refractivity contribution in [1.29, 1.82) is 0 Å². The van der Waals surface area contributed by atoms with Crippen molar-refractivity contribution in [3.63, 3.8) is 0 Å². The van der Waals surface area contributed by atoms with Crippen LogP contribution in [0.25, 0.3) is 0 Å². The van der Waals surface area contributed by atoms with Gasteiger partial charge in [0.05, 0.1) is 12.5 Å². The highest BCUT2D eigenvalue weighted by Gasteiger charge is 2.37. The van der Waals surface area contributed by atoms with Crippen LogP contribution in [0.4, 0.5) is 0 Å². The Bertz CT molecular complexity index is 404. The van der Waals surface area contributed by atoms with E-state index in [0.29, 0.717) is 19.6 Å². The predicted octanol–water partition coefficient (Wildman–Crippen LogP) is -4.00. The van der Waals surface area contributed by atoms with Crippen LogP contribution in [0.2, 0.25) is 0 Å². The molecule has 0 aromatic rings. The van der Waals surface area contributed by atoms with E-state index in [9.17, 15) is 19.5 Å². The highest BCUT2D eigenvalue weighted by Crippen LogP contribution is 2.16. The number of aliphatic carboxylic acids is 2. The van der Waals surface area contributed by atoms with Crippen LogP contribution in [0.3, 0.4) is 0 Å². The van der Waals surface area contributed by atoms with E-state index in [1.807, 2.05) is 0 Å². The fourth-order valence-corrected chi connectivity index (χ4v) is 2.13. The van der Waals surface area contributed by atoms with Crippen molar-refractivity contribution in [3.05, 3.63) is 0 Å². The summed E-state index contributed by atoms with van der Waals surface area (Å²) in [5.74, 6) is -5.41. The number of carbonyl (C=O) groups is 3. The van der Waals surface area contributed by atoms with Crippen LogP contribution in [0.15, 0.2) is 0 Å². The van der Waals surface area contributed by atoms with Crippen molar-refractivity contribution in [2.45, 2.75) is 6.04 Å². The van der Waals surface area contributed by atoms with Crippen LogP contribution < -0.4 is 21.7 Å². The number of hydrogen-bond donors (Lipinski definition) is 8. The van der Waals surface area contributed by atoms with Gasteiger partial charge < -0.3 is 42.1 Å². The smallest absolute Gasteiger partial charge is 0.321 e. The molecule has 0 saturated heterocycles. The first-order valence-corrected chi connectivity index (χ1v) is 7.45. The lowest BCUT2D eigenvalue weighted by molar-refractivity contribution is -0.145. The number of carbonyl (C=O) groups excluding carboxylic acids is 1. The maximum absolute atomic E-state index is 11.5. The summed E-state index contributed by atoms with van der Waals surface area (Å²) in [4.78, 5) is 33.1. The fraction of sp³-hybridized carbons (Fsp3) is 0.769. The molecule has 24 heavy (non-hydrogen) atoms. The van der Waals surface area contributed by atoms with E-state index in [1.54, 1.807) is 0 Å². The summed E-state index contributed by atoms with van der Waals surface area (Å²) < 4.78 is 0. The predicted molar refractivity (Wildman–Crippen MR) is 83.1 cm³/mol. The van der Waals surface area contributed by atoms with E-state index in [0.717, 1.165) is 0 Å². The number of rotatable bonds is 15. The Morgan fingerprint density at radius 1 is 0.917 bits per heavy atom. The minimum Gasteiger partial charge on any atom is -0.480 e. The number of nitrogens with two attached hydrogens (primary N) is 1. The van der Waals surface area contributed by atoms with Crippen molar-refractivity contribution >= 4 is 17.8 Å². The maximum Gasteiger partial charge on any atom is 0.321 e. The van der Waals surface area contributed by atoms with Crippen LogP contribution in [0, 0.1) is 11.8 Å². The largest absolute Gasteiger partial charge is 0.480 e. The maximum atomic E-state index is 11.5. The molecule has 0 heterocycles. The molecule has 140 valence electrons. The third-order valence-corrected chi connectivity index (χ3v) is 3.35. The summed E-state index contributed by atoms with van der Waals surface area (Å²) in [7, 11) is 0. The zero-order valence-corrected chi connectivity index (χ0v) is 13.3. The molecule has 11 heteroatoms. The molecule has 0 aromatic heterocycles. The molecule has 0 fully saturated rings. The Hall–Kier alpha value is -1.79. The number of carboxylic acid groups (broad SMARTS) is 2. The topological polar surface area (TPSA) is 194 Å². The molecule has 9 N–H and O–H groups in total. The van der Waals surface area contributed by atoms with Crippen LogP contribution in [0.5, 0.6) is 0 Å². The van der Waals surface area contributed by atoms with E-state index >= 15 is 0 Å². The summed E-state index contributed by atoms with van der Waals surface area (Å²) in [5.41, 5.74) is 5.20. The molecular weight excluding hydrogens is 324 g/mol. The van der Waals surface area contributed by atoms with Gasteiger partial charge in [-0.15, -0.1) is 0 Å². The second-order valence-corrected chi connectivity index (χ2v) is 5.14. The summed E-state index contributed by atoms with van der Waals surface area (Å²) in [6, 6.07) is -1.33. The summed E-state index contributed by atoms with van der Waals surface area (Å²) in [6.07, 6.45) is 0. The zero-order valence-electron chi connectivity index (χ0n) is 13.3. The lowest BCUT2D eigenvalue weighted by Gasteiger charge is -2.27. The first-order chi connectivity index (χ1) is 11.3. The molecule has 0 aliphatic rings. The molecule has 2 atom stereocenters. The molecule has 0 aromatic carbocycles. The molecule has 0 aliphatic heterocycles. The SMILES string of the molecule is NC(=O)C(C(CO)CO)C(NCCNCCNCC(=O)O)C(=O)O. The van der Waals surface area contributed by atoms with Crippen LogP contribution >= 0.6 is 0 Å².